The van der Waals surface area contributed by atoms with Crippen molar-refractivity contribution in [3.05, 3.63) is 88.0 Å². The first kappa shape index (κ1) is 20.2. The second kappa shape index (κ2) is 8.11. The molecule has 6 nitrogen and oxygen atoms in total. The number of nitrogens with one attached hydrogen (secondary N) is 1. The van der Waals surface area contributed by atoms with E-state index in [1.54, 1.807) is 12.3 Å². The minimum absolute atomic E-state index is 0.147. The summed E-state index contributed by atoms with van der Waals surface area (Å²) in [5.74, 6) is -0.0490. The molecule has 1 N–H and O–H groups in total. The number of fused-ring (bicyclic) bond motifs is 1. The van der Waals surface area contributed by atoms with E-state index in [1.807, 2.05) is 53.0 Å². The normalized spacial score (nSPS) is 16.4. The van der Waals surface area contributed by atoms with Crippen LogP contribution in [0.3, 0.4) is 0 Å². The minimum Gasteiger partial charge on any atom is -0.350 e. The Morgan fingerprint density at radius 3 is 2.72 bits per heavy atom. The third kappa shape index (κ3) is 3.42. The Hall–Kier alpha value is -3.67. The molecule has 6 heteroatoms. The zero-order valence-electron chi connectivity index (χ0n) is 18.3. The highest BCUT2D eigenvalue weighted by Crippen LogP contribution is 2.34. The van der Waals surface area contributed by atoms with Crippen molar-refractivity contribution in [2.75, 3.05) is 13.1 Å². The zero-order chi connectivity index (χ0) is 22.2. The molecular weight excluding hydrogens is 400 g/mol. The van der Waals surface area contributed by atoms with Crippen LogP contribution in [0, 0.1) is 6.92 Å². The van der Waals surface area contributed by atoms with Gasteiger partial charge in [-0.15, -0.1) is 0 Å². The van der Waals surface area contributed by atoms with E-state index in [0.29, 0.717) is 18.5 Å². The molecule has 162 valence electrons. The van der Waals surface area contributed by atoms with Crippen molar-refractivity contribution in [3.63, 3.8) is 0 Å². The molecule has 1 amide bonds. The van der Waals surface area contributed by atoms with Crippen molar-refractivity contribution >= 4 is 16.8 Å². The second-order valence-corrected chi connectivity index (χ2v) is 8.60. The lowest BCUT2D eigenvalue weighted by molar-refractivity contribution is 0.0704. The maximum absolute atomic E-state index is 13.4. The molecule has 1 fully saturated rings. The number of H-pyrrole nitrogens is 1. The van der Waals surface area contributed by atoms with Crippen LogP contribution in [0.25, 0.3) is 22.0 Å². The lowest BCUT2D eigenvalue weighted by atomic mass is 9.89. The first-order chi connectivity index (χ1) is 15.5. The van der Waals surface area contributed by atoms with Crippen molar-refractivity contribution in [2.45, 2.75) is 25.7 Å². The molecular formula is C26H26N4O2. The van der Waals surface area contributed by atoms with Crippen LogP contribution < -0.4 is 5.43 Å². The van der Waals surface area contributed by atoms with Gasteiger partial charge in [-0.1, -0.05) is 36.4 Å². The van der Waals surface area contributed by atoms with Gasteiger partial charge in [-0.2, -0.15) is 5.10 Å². The third-order valence-corrected chi connectivity index (χ3v) is 6.55. The van der Waals surface area contributed by atoms with Gasteiger partial charge in [0.25, 0.3) is 5.91 Å². The highest BCUT2D eigenvalue weighted by atomic mass is 16.2. The fraction of sp³-hybridized carbons (Fsp3) is 0.269. The summed E-state index contributed by atoms with van der Waals surface area (Å²) in [7, 11) is 1.87. The van der Waals surface area contributed by atoms with Crippen LogP contribution in [0.5, 0.6) is 0 Å². The SMILES string of the molecule is Cc1ccccc1-c1cn[nH]c1[C@H]1CCCN(C(=O)c2cn(C)c3ccccc3c2=O)C1. The van der Waals surface area contributed by atoms with E-state index in [9.17, 15) is 9.59 Å². The lowest BCUT2D eigenvalue weighted by Gasteiger charge is -2.33. The number of carbonyl (C=O) groups excluding carboxylic acids is 1. The summed E-state index contributed by atoms with van der Waals surface area (Å²) in [6.07, 6.45) is 5.40. The minimum atomic E-state index is -0.201. The quantitative estimate of drug-likeness (QED) is 0.532. The Labute approximate surface area is 186 Å². The lowest BCUT2D eigenvalue weighted by Crippen LogP contribution is -2.41. The number of piperidine rings is 1. The van der Waals surface area contributed by atoms with Gasteiger partial charge in [-0.05, 0) is 43.0 Å². The van der Waals surface area contributed by atoms with Gasteiger partial charge in [0.2, 0.25) is 5.43 Å². The van der Waals surface area contributed by atoms with Crippen molar-refractivity contribution in [1.29, 1.82) is 0 Å². The number of para-hydroxylation sites is 1. The summed E-state index contributed by atoms with van der Waals surface area (Å²) in [5, 5.41) is 8.09. The Morgan fingerprint density at radius 1 is 1.09 bits per heavy atom. The summed E-state index contributed by atoms with van der Waals surface area (Å²) in [6, 6.07) is 15.7. The maximum Gasteiger partial charge on any atom is 0.259 e. The maximum atomic E-state index is 13.4. The van der Waals surface area contributed by atoms with E-state index in [2.05, 4.69) is 29.3 Å². The Morgan fingerprint density at radius 2 is 1.88 bits per heavy atom. The second-order valence-electron chi connectivity index (χ2n) is 8.60. The van der Waals surface area contributed by atoms with Crippen LogP contribution in [0.2, 0.25) is 0 Å². The molecule has 1 aliphatic heterocycles. The van der Waals surface area contributed by atoms with Crippen molar-refractivity contribution in [2.24, 2.45) is 7.05 Å². The average molecular weight is 427 g/mol. The van der Waals surface area contributed by atoms with Crippen molar-refractivity contribution < 1.29 is 4.79 Å². The van der Waals surface area contributed by atoms with E-state index in [-0.39, 0.29) is 22.8 Å². The number of amides is 1. The van der Waals surface area contributed by atoms with Gasteiger partial charge < -0.3 is 9.47 Å². The van der Waals surface area contributed by atoms with Gasteiger partial charge in [0.05, 0.1) is 11.7 Å². The molecule has 0 radical (unpaired) electrons. The summed E-state index contributed by atoms with van der Waals surface area (Å²) >= 11 is 0. The van der Waals surface area contributed by atoms with Crippen LogP contribution in [0.1, 0.15) is 40.4 Å². The highest BCUT2D eigenvalue weighted by Gasteiger charge is 2.30. The molecule has 1 aliphatic rings. The van der Waals surface area contributed by atoms with Crippen LogP contribution >= 0.6 is 0 Å². The van der Waals surface area contributed by atoms with Gasteiger partial charge in [0, 0.05) is 48.9 Å². The van der Waals surface area contributed by atoms with Gasteiger partial charge in [-0.25, -0.2) is 0 Å². The number of rotatable bonds is 3. The number of aromatic nitrogens is 3. The fourth-order valence-electron chi connectivity index (χ4n) is 4.86. The molecule has 1 saturated heterocycles. The molecule has 4 aromatic rings. The largest absolute Gasteiger partial charge is 0.350 e. The van der Waals surface area contributed by atoms with E-state index >= 15 is 0 Å². The van der Waals surface area contributed by atoms with Crippen LogP contribution in [-0.4, -0.2) is 38.7 Å². The molecule has 2 aromatic heterocycles. The summed E-state index contributed by atoms with van der Waals surface area (Å²) in [5.41, 5.74) is 5.35. The van der Waals surface area contributed by atoms with Gasteiger partial charge in [-0.3, -0.25) is 14.7 Å². The van der Waals surface area contributed by atoms with Gasteiger partial charge in [0.1, 0.15) is 5.56 Å². The highest BCUT2D eigenvalue weighted by molar-refractivity contribution is 5.97. The van der Waals surface area contributed by atoms with Crippen LogP contribution in [0.4, 0.5) is 0 Å². The first-order valence-electron chi connectivity index (χ1n) is 11.0. The van der Waals surface area contributed by atoms with E-state index in [4.69, 9.17) is 0 Å². The molecule has 0 spiro atoms. The predicted octanol–water partition coefficient (Wildman–Crippen LogP) is 4.26. The summed E-state index contributed by atoms with van der Waals surface area (Å²) in [6.45, 7) is 3.31. The molecule has 1 atom stereocenters. The molecule has 0 saturated carbocycles. The number of hydrogen-bond donors (Lipinski definition) is 1. The Balaban J connectivity index is 1.46. The van der Waals surface area contributed by atoms with E-state index in [1.165, 1.54) is 5.56 Å². The van der Waals surface area contributed by atoms with Crippen LogP contribution in [-0.2, 0) is 7.05 Å². The first-order valence-corrected chi connectivity index (χ1v) is 11.0. The molecule has 0 unspecified atom stereocenters. The number of hydrogen-bond acceptors (Lipinski definition) is 3. The topological polar surface area (TPSA) is 71.0 Å². The number of aromatic amines is 1. The number of aryl methyl sites for hydroxylation is 2. The number of pyridine rings is 1. The van der Waals surface area contributed by atoms with E-state index in [0.717, 1.165) is 35.2 Å². The molecule has 0 bridgehead atoms. The van der Waals surface area contributed by atoms with Crippen molar-refractivity contribution in [1.82, 2.24) is 19.7 Å². The molecule has 32 heavy (non-hydrogen) atoms. The fourth-order valence-corrected chi connectivity index (χ4v) is 4.86. The molecule has 5 rings (SSSR count). The molecule has 2 aromatic carbocycles. The monoisotopic (exact) mass is 426 g/mol. The average Bonchev–Trinajstić information content (AvgIpc) is 3.31. The standard InChI is InChI=1S/C26H26N4O2/c1-17-8-3-4-10-19(17)21-14-27-28-24(21)18-9-7-13-30(15-18)26(32)22-16-29(2)23-12-6-5-11-20(23)25(22)31/h3-6,8,10-12,14,16,18H,7,9,13,15H2,1-2H3,(H,27,28)/t18-/m0/s1. The Kier molecular flexibility index (Phi) is 5.13. The predicted molar refractivity (Wildman–Crippen MR) is 126 cm³/mol. The summed E-state index contributed by atoms with van der Waals surface area (Å²) in [4.78, 5) is 28.3. The van der Waals surface area contributed by atoms with Gasteiger partial charge in [0.15, 0.2) is 0 Å². The summed E-state index contributed by atoms with van der Waals surface area (Å²) < 4.78 is 1.86. The number of benzene rings is 2. The molecule has 3 heterocycles. The smallest absolute Gasteiger partial charge is 0.259 e. The number of likely N-dealkylation sites (tertiary alicyclic amines) is 1. The zero-order valence-corrected chi connectivity index (χ0v) is 18.3. The number of nitrogens with zero attached hydrogens (tertiary/aromatic N) is 3. The third-order valence-electron chi connectivity index (χ3n) is 6.55. The van der Waals surface area contributed by atoms with Gasteiger partial charge >= 0.3 is 0 Å². The Bertz CT molecular complexity index is 1370. The van der Waals surface area contributed by atoms with Crippen LogP contribution in [0.15, 0.2) is 65.7 Å². The number of carbonyl (C=O) groups is 1. The molecule has 0 aliphatic carbocycles. The van der Waals surface area contributed by atoms with Crippen molar-refractivity contribution in [3.8, 4) is 11.1 Å². The van der Waals surface area contributed by atoms with E-state index < -0.39 is 0 Å².